The van der Waals surface area contributed by atoms with Gasteiger partial charge in [-0.15, -0.1) is 0 Å². The fraction of sp³-hybridized carbons (Fsp3) is 0.833. The molecule has 5 heteroatoms. The second-order valence-electron chi connectivity index (χ2n) is 3.76. The molecular formula is C12H24O5. The van der Waals surface area contributed by atoms with Crippen LogP contribution in [0.4, 0.5) is 0 Å². The monoisotopic (exact) mass is 248 g/mol. The van der Waals surface area contributed by atoms with Gasteiger partial charge in [-0.05, 0) is 11.5 Å². The van der Waals surface area contributed by atoms with Crippen LogP contribution in [-0.4, -0.2) is 6.61 Å². The molecule has 0 aliphatic heterocycles. The number of hydrogen-bond donors (Lipinski definition) is 0. The van der Waals surface area contributed by atoms with Crippen molar-refractivity contribution in [3.8, 4) is 0 Å². The zero-order valence-corrected chi connectivity index (χ0v) is 10.7. The molecule has 0 aromatic heterocycles. The van der Waals surface area contributed by atoms with Gasteiger partial charge in [0.25, 0.3) is 0 Å². The summed E-state index contributed by atoms with van der Waals surface area (Å²) in [6.07, 6.45) is 11.0. The Morgan fingerprint density at radius 1 is 0.824 bits per heavy atom. The van der Waals surface area contributed by atoms with Crippen molar-refractivity contribution in [2.75, 3.05) is 6.61 Å². The summed E-state index contributed by atoms with van der Waals surface area (Å²) in [4.78, 5) is 8.83. The maximum atomic E-state index is 4.66. The molecule has 0 rings (SSSR count). The third kappa shape index (κ3) is 15.4. The highest BCUT2D eigenvalue weighted by Crippen LogP contribution is 2.08. The van der Waals surface area contributed by atoms with Gasteiger partial charge in [0.05, 0.1) is 6.61 Å². The first-order chi connectivity index (χ1) is 8.41. The highest BCUT2D eigenvalue weighted by molar-refractivity contribution is 4.45. The summed E-state index contributed by atoms with van der Waals surface area (Å²) in [5.41, 5.74) is 0. The van der Waals surface area contributed by atoms with E-state index >= 15 is 0 Å². The molecule has 0 fully saturated rings. The van der Waals surface area contributed by atoms with E-state index in [-0.39, 0.29) is 0 Å². The topological polar surface area (TPSA) is 46.2 Å². The van der Waals surface area contributed by atoms with Gasteiger partial charge in [-0.3, -0.25) is 0 Å². The molecule has 5 nitrogen and oxygen atoms in total. The Bertz CT molecular complexity index is 152. The quantitative estimate of drug-likeness (QED) is 0.201. The lowest BCUT2D eigenvalue weighted by Gasteiger charge is -2.01. The highest BCUT2D eigenvalue weighted by Gasteiger charge is 1.94. The third-order valence-electron chi connectivity index (χ3n) is 2.29. The van der Waals surface area contributed by atoms with Crippen molar-refractivity contribution in [1.82, 2.24) is 0 Å². The molecule has 0 aliphatic carbocycles. The van der Waals surface area contributed by atoms with Crippen molar-refractivity contribution in [3.05, 3.63) is 12.8 Å². The van der Waals surface area contributed by atoms with Gasteiger partial charge in [0.2, 0.25) is 0 Å². The Labute approximate surface area is 103 Å². The van der Waals surface area contributed by atoms with E-state index in [0.717, 1.165) is 19.1 Å². The van der Waals surface area contributed by atoms with Gasteiger partial charge in [-0.1, -0.05) is 58.4 Å². The number of hydrogen-bond acceptors (Lipinski definition) is 5. The molecule has 0 aromatic carbocycles. The fourth-order valence-corrected chi connectivity index (χ4v) is 1.40. The van der Waals surface area contributed by atoms with Crippen LogP contribution in [0.5, 0.6) is 0 Å². The van der Waals surface area contributed by atoms with Crippen molar-refractivity contribution in [3.63, 3.8) is 0 Å². The second-order valence-corrected chi connectivity index (χ2v) is 3.76. The lowest BCUT2D eigenvalue weighted by atomic mass is 10.1. The lowest BCUT2D eigenvalue weighted by molar-refractivity contribution is -0.700. The van der Waals surface area contributed by atoms with Crippen molar-refractivity contribution in [2.24, 2.45) is 0 Å². The minimum Gasteiger partial charge on any atom is -0.315 e. The second kappa shape index (κ2) is 15.4. The van der Waals surface area contributed by atoms with E-state index in [0.29, 0.717) is 6.61 Å². The Morgan fingerprint density at radius 2 is 1.47 bits per heavy atom. The van der Waals surface area contributed by atoms with E-state index in [1.807, 2.05) is 0 Å². The van der Waals surface area contributed by atoms with Gasteiger partial charge >= 0.3 is 0 Å². The molecule has 0 bridgehead atoms. The predicted octanol–water partition coefficient (Wildman–Crippen LogP) is 4.01. The molecule has 0 spiro atoms. The van der Waals surface area contributed by atoms with Gasteiger partial charge in [0.1, 0.15) is 6.26 Å². The van der Waals surface area contributed by atoms with Gasteiger partial charge < -0.3 is 4.89 Å². The van der Waals surface area contributed by atoms with Crippen molar-refractivity contribution < 1.29 is 24.9 Å². The maximum absolute atomic E-state index is 4.66. The summed E-state index contributed by atoms with van der Waals surface area (Å²) in [5.74, 6) is 0. The Kier molecular flexibility index (Phi) is 14.8. The summed E-state index contributed by atoms with van der Waals surface area (Å²) in [5, 5.41) is 12.2. The van der Waals surface area contributed by atoms with Crippen LogP contribution in [0.25, 0.3) is 0 Å². The molecule has 0 amide bonds. The van der Waals surface area contributed by atoms with E-state index in [1.54, 1.807) is 0 Å². The van der Waals surface area contributed by atoms with Gasteiger partial charge in [-0.2, -0.15) is 0 Å². The maximum Gasteiger partial charge on any atom is 0.125 e. The van der Waals surface area contributed by atoms with E-state index in [2.05, 4.69) is 38.4 Å². The van der Waals surface area contributed by atoms with Crippen LogP contribution in [0.1, 0.15) is 58.3 Å². The molecule has 0 saturated heterocycles. The van der Waals surface area contributed by atoms with Gasteiger partial charge in [0, 0.05) is 10.1 Å². The molecule has 0 saturated carbocycles. The molecule has 0 atom stereocenters. The van der Waals surface area contributed by atoms with Crippen LogP contribution in [0.3, 0.4) is 0 Å². The fourth-order valence-electron chi connectivity index (χ4n) is 1.40. The average Bonchev–Trinajstić information content (AvgIpc) is 2.35. The van der Waals surface area contributed by atoms with Crippen LogP contribution in [0, 0.1) is 0 Å². The highest BCUT2D eigenvalue weighted by atomic mass is 17.8. The molecular weight excluding hydrogens is 224 g/mol. The summed E-state index contributed by atoms with van der Waals surface area (Å²) < 4.78 is 0. The van der Waals surface area contributed by atoms with Crippen molar-refractivity contribution in [2.45, 2.75) is 58.3 Å². The van der Waals surface area contributed by atoms with E-state index in [4.69, 9.17) is 0 Å². The van der Waals surface area contributed by atoms with Crippen molar-refractivity contribution >= 4 is 0 Å². The molecule has 0 radical (unpaired) electrons. The summed E-state index contributed by atoms with van der Waals surface area (Å²) in [7, 11) is 0. The minimum absolute atomic E-state index is 0.479. The van der Waals surface area contributed by atoms with Gasteiger partial charge in [-0.25, -0.2) is 4.89 Å². The zero-order chi connectivity index (χ0) is 12.6. The predicted molar refractivity (Wildman–Crippen MR) is 63.1 cm³/mol. The van der Waals surface area contributed by atoms with Crippen LogP contribution in [0.2, 0.25) is 0 Å². The largest absolute Gasteiger partial charge is 0.315 e. The Morgan fingerprint density at radius 3 is 2.12 bits per heavy atom. The van der Waals surface area contributed by atoms with E-state index in [1.165, 1.54) is 38.5 Å². The SMILES string of the molecule is C=COOOOOCCCCCCCCCC. The smallest absolute Gasteiger partial charge is 0.125 e. The van der Waals surface area contributed by atoms with E-state index < -0.39 is 0 Å². The normalized spacial score (nSPS) is 10.4. The molecule has 102 valence electrons. The Balaban J connectivity index is 2.87. The number of unbranched alkanes of at least 4 members (excludes halogenated alkanes) is 7. The first kappa shape index (κ1) is 16.4. The first-order valence-corrected chi connectivity index (χ1v) is 6.31. The summed E-state index contributed by atoms with van der Waals surface area (Å²) in [6, 6.07) is 0. The third-order valence-corrected chi connectivity index (χ3v) is 2.29. The summed E-state index contributed by atoms with van der Waals surface area (Å²) in [6.45, 7) is 5.94. The van der Waals surface area contributed by atoms with Crippen LogP contribution < -0.4 is 0 Å². The van der Waals surface area contributed by atoms with Crippen molar-refractivity contribution in [1.29, 1.82) is 0 Å². The average molecular weight is 248 g/mol. The van der Waals surface area contributed by atoms with Crippen LogP contribution in [0.15, 0.2) is 12.8 Å². The van der Waals surface area contributed by atoms with Crippen LogP contribution >= 0.6 is 0 Å². The van der Waals surface area contributed by atoms with Crippen LogP contribution in [-0.2, 0) is 24.9 Å². The molecule has 0 heterocycles. The Hall–Kier alpha value is -0.620. The number of rotatable bonds is 14. The molecule has 0 N–H and O–H groups in total. The molecule has 0 unspecified atom stereocenters. The lowest BCUT2D eigenvalue weighted by Crippen LogP contribution is -1.99. The zero-order valence-electron chi connectivity index (χ0n) is 10.7. The molecule has 0 aromatic rings. The standard InChI is InChI=1S/C12H24O5/c1-3-5-6-7-8-9-10-11-12-14-16-17-15-13-4-2/h4H,2-3,5-12H2,1H3. The first-order valence-electron chi connectivity index (χ1n) is 6.31. The minimum atomic E-state index is 0.479. The molecule has 0 aliphatic rings. The summed E-state index contributed by atoms with van der Waals surface area (Å²) >= 11 is 0. The van der Waals surface area contributed by atoms with E-state index in [9.17, 15) is 0 Å². The molecule has 17 heavy (non-hydrogen) atoms. The van der Waals surface area contributed by atoms with Gasteiger partial charge in [0.15, 0.2) is 0 Å².